The molecule has 0 aromatic carbocycles. The van der Waals surface area contributed by atoms with Gasteiger partial charge in [0.05, 0.1) is 0 Å². The third-order valence-corrected chi connectivity index (χ3v) is 15.4. The second-order valence-electron chi connectivity index (χ2n) is 23.4. The molecule has 6 heteroatoms. The van der Waals surface area contributed by atoms with Gasteiger partial charge in [-0.1, -0.05) is 305 Å². The number of hydrogen-bond acceptors (Lipinski definition) is 6. The summed E-state index contributed by atoms with van der Waals surface area (Å²) in [6, 6.07) is 0. The van der Waals surface area contributed by atoms with Gasteiger partial charge in [-0.05, 0) is 116 Å². The van der Waals surface area contributed by atoms with Crippen LogP contribution in [0.25, 0.3) is 0 Å². The van der Waals surface area contributed by atoms with E-state index in [1.165, 1.54) is 218 Å². The molecule has 0 radical (unpaired) electrons. The summed E-state index contributed by atoms with van der Waals surface area (Å²) in [6.07, 6.45) is 91.7. The highest BCUT2D eigenvalue weighted by atomic mass is 16.6. The summed E-state index contributed by atoms with van der Waals surface area (Å²) < 4.78 is 17.0. The van der Waals surface area contributed by atoms with Crippen LogP contribution in [0.2, 0.25) is 0 Å². The molecule has 81 heavy (non-hydrogen) atoms. The molecule has 0 saturated carbocycles. The maximum atomic E-state index is 13.0. The minimum atomic E-state index is -0.784. The van der Waals surface area contributed by atoms with E-state index in [-0.39, 0.29) is 31.1 Å². The molecule has 1 unspecified atom stereocenters. The predicted octanol–water partition coefficient (Wildman–Crippen LogP) is 24.2. The smallest absolute Gasteiger partial charge is 0.306 e. The standard InChI is InChI=1S/C75H132O6/c1-4-7-10-13-16-19-22-25-28-31-33-35-36-37-38-40-41-44-47-50-53-56-59-62-65-68-74(77)80-71-72(70-79-73(76)67-64-61-58-55-52-49-46-43-30-27-24-21-18-15-12-9-6-3)81-75(78)69-66-63-60-57-54-51-48-45-42-39-34-32-29-26-23-20-17-14-11-8-5-2/h7,10,16,18-19,21,25,27-28,30,32-35,72H,4-6,8-9,11-15,17,20,22-24,26,29,31,36-71H2,1-3H3/b10-7-,19-16-,21-18-,28-25-,30-27-,34-32-,35-33-. The molecular weight excluding hydrogens is 997 g/mol. The Morgan fingerprint density at radius 2 is 0.481 bits per heavy atom. The molecule has 0 saturated heterocycles. The van der Waals surface area contributed by atoms with Crippen molar-refractivity contribution in [1.82, 2.24) is 0 Å². The molecule has 468 valence electrons. The summed E-state index contributed by atoms with van der Waals surface area (Å²) >= 11 is 0. The topological polar surface area (TPSA) is 78.9 Å². The first-order valence-corrected chi connectivity index (χ1v) is 35.1. The fourth-order valence-electron chi connectivity index (χ4n) is 10.1. The molecule has 0 fully saturated rings. The van der Waals surface area contributed by atoms with Crippen molar-refractivity contribution in [1.29, 1.82) is 0 Å². The zero-order chi connectivity index (χ0) is 58.5. The Balaban J connectivity index is 4.34. The molecule has 1 atom stereocenters. The monoisotopic (exact) mass is 1130 g/mol. The molecule has 0 aliphatic rings. The summed E-state index contributed by atoms with van der Waals surface area (Å²) in [4.78, 5) is 38.5. The lowest BCUT2D eigenvalue weighted by atomic mass is 10.0. The Hall–Kier alpha value is -3.41. The van der Waals surface area contributed by atoms with Gasteiger partial charge in [0.1, 0.15) is 13.2 Å². The van der Waals surface area contributed by atoms with Crippen molar-refractivity contribution >= 4 is 17.9 Å². The first kappa shape index (κ1) is 77.6. The molecule has 0 amide bonds. The van der Waals surface area contributed by atoms with E-state index < -0.39 is 6.10 Å². The van der Waals surface area contributed by atoms with Crippen LogP contribution in [0.4, 0.5) is 0 Å². The molecule has 6 nitrogen and oxygen atoms in total. The Morgan fingerprint density at radius 3 is 0.790 bits per heavy atom. The minimum Gasteiger partial charge on any atom is -0.462 e. The third-order valence-electron chi connectivity index (χ3n) is 15.4. The lowest BCUT2D eigenvalue weighted by molar-refractivity contribution is -0.167. The molecule has 0 aliphatic carbocycles. The van der Waals surface area contributed by atoms with Crippen LogP contribution in [0.1, 0.15) is 355 Å². The zero-order valence-corrected chi connectivity index (χ0v) is 53.8. The zero-order valence-electron chi connectivity index (χ0n) is 53.8. The number of rotatable bonds is 64. The maximum Gasteiger partial charge on any atom is 0.306 e. The van der Waals surface area contributed by atoms with Gasteiger partial charge < -0.3 is 14.2 Å². The first-order valence-electron chi connectivity index (χ1n) is 35.1. The largest absolute Gasteiger partial charge is 0.462 e. The van der Waals surface area contributed by atoms with E-state index in [0.717, 1.165) is 96.3 Å². The molecular formula is C75H132O6. The molecule has 0 rings (SSSR count). The van der Waals surface area contributed by atoms with E-state index in [2.05, 4.69) is 106 Å². The summed E-state index contributed by atoms with van der Waals surface area (Å²) in [5, 5.41) is 0. The highest BCUT2D eigenvalue weighted by molar-refractivity contribution is 5.71. The highest BCUT2D eigenvalue weighted by Gasteiger charge is 2.19. The van der Waals surface area contributed by atoms with Crippen molar-refractivity contribution in [3.05, 3.63) is 85.1 Å². The molecule has 0 heterocycles. The summed E-state index contributed by atoms with van der Waals surface area (Å²) in [5.41, 5.74) is 0. The molecule has 0 spiro atoms. The predicted molar refractivity (Wildman–Crippen MR) is 353 cm³/mol. The van der Waals surface area contributed by atoms with E-state index >= 15 is 0 Å². The SMILES string of the molecule is CC/C=C\C/C=C\C/C=C\C/C=C\CCCCCCCCCCCCCCC(=O)OCC(COC(=O)CCCCCCCCC/C=C\C/C=C\CCCCC)OC(=O)CCCCCCCCCCC/C=C\CCCCCCCCCC. The van der Waals surface area contributed by atoms with Crippen LogP contribution in [0.5, 0.6) is 0 Å². The average Bonchev–Trinajstić information content (AvgIpc) is 3.47. The van der Waals surface area contributed by atoms with Crippen molar-refractivity contribution < 1.29 is 28.6 Å². The number of hydrogen-bond donors (Lipinski definition) is 0. The number of ether oxygens (including phenoxy) is 3. The van der Waals surface area contributed by atoms with Crippen molar-refractivity contribution in [2.24, 2.45) is 0 Å². The highest BCUT2D eigenvalue weighted by Crippen LogP contribution is 2.17. The summed E-state index contributed by atoms with van der Waals surface area (Å²) in [6.45, 7) is 6.54. The van der Waals surface area contributed by atoms with Gasteiger partial charge >= 0.3 is 17.9 Å². The Kier molecular flexibility index (Phi) is 66.2. The number of esters is 3. The van der Waals surface area contributed by atoms with Crippen LogP contribution in [-0.2, 0) is 28.6 Å². The molecule has 0 aromatic rings. The Morgan fingerprint density at radius 1 is 0.259 bits per heavy atom. The quantitative estimate of drug-likeness (QED) is 0.0261. The fourth-order valence-corrected chi connectivity index (χ4v) is 10.1. The van der Waals surface area contributed by atoms with E-state index in [1.807, 2.05) is 0 Å². The van der Waals surface area contributed by atoms with Gasteiger partial charge in [-0.3, -0.25) is 14.4 Å². The minimum absolute atomic E-state index is 0.0787. The second kappa shape index (κ2) is 69.1. The van der Waals surface area contributed by atoms with Crippen LogP contribution in [0.3, 0.4) is 0 Å². The third kappa shape index (κ3) is 67.3. The van der Waals surface area contributed by atoms with Crippen molar-refractivity contribution in [2.75, 3.05) is 13.2 Å². The van der Waals surface area contributed by atoms with Crippen LogP contribution >= 0.6 is 0 Å². The van der Waals surface area contributed by atoms with Gasteiger partial charge in [-0.2, -0.15) is 0 Å². The first-order chi connectivity index (χ1) is 40.0. The van der Waals surface area contributed by atoms with Crippen LogP contribution in [0, 0.1) is 0 Å². The van der Waals surface area contributed by atoms with Gasteiger partial charge in [-0.15, -0.1) is 0 Å². The average molecular weight is 1130 g/mol. The fraction of sp³-hybridized carbons (Fsp3) is 0.773. The van der Waals surface area contributed by atoms with Gasteiger partial charge in [0.2, 0.25) is 0 Å². The Bertz CT molecular complexity index is 1530. The summed E-state index contributed by atoms with van der Waals surface area (Å²) in [7, 11) is 0. The van der Waals surface area contributed by atoms with Gasteiger partial charge in [0.25, 0.3) is 0 Å². The second-order valence-corrected chi connectivity index (χ2v) is 23.4. The van der Waals surface area contributed by atoms with Crippen LogP contribution < -0.4 is 0 Å². The van der Waals surface area contributed by atoms with Crippen LogP contribution in [-0.4, -0.2) is 37.2 Å². The van der Waals surface area contributed by atoms with E-state index in [1.54, 1.807) is 0 Å². The lowest BCUT2D eigenvalue weighted by Gasteiger charge is -2.18. The molecule has 0 N–H and O–H groups in total. The van der Waals surface area contributed by atoms with Crippen LogP contribution in [0.15, 0.2) is 85.1 Å². The Labute approximate surface area is 503 Å². The van der Waals surface area contributed by atoms with Crippen molar-refractivity contribution in [2.45, 2.75) is 361 Å². The number of carbonyl (C=O) groups is 3. The van der Waals surface area contributed by atoms with Crippen molar-refractivity contribution in [3.63, 3.8) is 0 Å². The summed E-state index contributed by atoms with van der Waals surface area (Å²) in [5.74, 6) is -0.872. The van der Waals surface area contributed by atoms with E-state index in [4.69, 9.17) is 14.2 Å². The normalized spacial score (nSPS) is 12.6. The molecule has 0 aliphatic heterocycles. The molecule has 0 bridgehead atoms. The van der Waals surface area contributed by atoms with Gasteiger partial charge in [0.15, 0.2) is 6.10 Å². The van der Waals surface area contributed by atoms with Crippen molar-refractivity contribution in [3.8, 4) is 0 Å². The lowest BCUT2D eigenvalue weighted by Crippen LogP contribution is -2.30. The van der Waals surface area contributed by atoms with E-state index in [9.17, 15) is 14.4 Å². The van der Waals surface area contributed by atoms with E-state index in [0.29, 0.717) is 19.3 Å². The maximum absolute atomic E-state index is 13.0. The van der Waals surface area contributed by atoms with Gasteiger partial charge in [0, 0.05) is 19.3 Å². The molecule has 0 aromatic heterocycles. The number of allylic oxidation sites excluding steroid dienone is 14. The number of unbranched alkanes of at least 4 members (excludes halogenated alkanes) is 39. The number of carbonyl (C=O) groups excluding carboxylic acids is 3. The van der Waals surface area contributed by atoms with Gasteiger partial charge in [-0.25, -0.2) is 0 Å².